The van der Waals surface area contributed by atoms with Crippen LogP contribution in [0.1, 0.15) is 55.9 Å². The van der Waals surface area contributed by atoms with E-state index in [2.05, 4.69) is 43.9 Å². The predicted molar refractivity (Wildman–Crippen MR) is 112 cm³/mol. The lowest BCUT2D eigenvalue weighted by Crippen LogP contribution is -2.22. The normalized spacial score (nSPS) is 14.6. The predicted octanol–water partition coefficient (Wildman–Crippen LogP) is 5.36. The fraction of sp³-hybridized carbons (Fsp3) is 0.375. The number of ether oxygens (including phenoxy) is 1. The number of rotatable bonds is 4. The van der Waals surface area contributed by atoms with Crippen LogP contribution in [0.2, 0.25) is 0 Å². The minimum Gasteiger partial charge on any atom is -0.466 e. The average molecular weight is 379 g/mol. The molecule has 0 atom stereocenters. The van der Waals surface area contributed by atoms with Gasteiger partial charge in [-0.1, -0.05) is 43.9 Å². The molecule has 3 heteroatoms. The summed E-state index contributed by atoms with van der Waals surface area (Å²) in [5.41, 5.74) is 4.72. The van der Waals surface area contributed by atoms with E-state index in [1.54, 1.807) is 0 Å². The monoisotopic (exact) mass is 378 g/mol. The zero-order chi connectivity index (χ0) is 19.3. The summed E-state index contributed by atoms with van der Waals surface area (Å²) in [6.45, 7) is 6.88. The molecule has 0 radical (unpaired) electrons. The van der Waals surface area contributed by atoms with Crippen LogP contribution < -0.4 is 0 Å². The van der Waals surface area contributed by atoms with E-state index in [0.717, 1.165) is 16.7 Å². The van der Waals surface area contributed by atoms with Gasteiger partial charge in [0.25, 0.3) is 0 Å². The Hall–Kier alpha value is -2.18. The van der Waals surface area contributed by atoms with Gasteiger partial charge in [0.15, 0.2) is 0 Å². The first kappa shape index (κ1) is 19.6. The molecule has 0 bridgehead atoms. The lowest BCUT2D eigenvalue weighted by atomic mass is 9.81. The Morgan fingerprint density at radius 2 is 2.00 bits per heavy atom. The van der Waals surface area contributed by atoms with Crippen LogP contribution in [0.5, 0.6) is 0 Å². The lowest BCUT2D eigenvalue weighted by molar-refractivity contribution is -0.143. The molecule has 140 valence electrons. The first-order chi connectivity index (χ1) is 13.0. The molecule has 2 aromatic carbocycles. The minimum atomic E-state index is -0.158. The number of benzene rings is 2. The van der Waals surface area contributed by atoms with E-state index in [1.807, 2.05) is 43.0 Å². The summed E-state index contributed by atoms with van der Waals surface area (Å²) in [6, 6.07) is 14.6. The Morgan fingerprint density at radius 3 is 2.81 bits per heavy atom. The van der Waals surface area contributed by atoms with Crippen LogP contribution in [0.4, 0.5) is 0 Å². The van der Waals surface area contributed by atoms with Crippen LogP contribution >= 0.6 is 11.8 Å². The second kappa shape index (κ2) is 8.67. The molecular weight excluding hydrogens is 352 g/mol. The van der Waals surface area contributed by atoms with E-state index in [-0.39, 0.29) is 11.4 Å². The van der Waals surface area contributed by atoms with E-state index >= 15 is 0 Å². The summed E-state index contributed by atoms with van der Waals surface area (Å²) in [6.07, 6.45) is 2.23. The number of esters is 1. The molecule has 0 aliphatic carbocycles. The van der Waals surface area contributed by atoms with E-state index in [4.69, 9.17) is 4.74 Å². The number of hydrogen-bond acceptors (Lipinski definition) is 3. The summed E-state index contributed by atoms with van der Waals surface area (Å²) in [7, 11) is 0. The van der Waals surface area contributed by atoms with Gasteiger partial charge in [-0.3, -0.25) is 4.79 Å². The van der Waals surface area contributed by atoms with Crippen molar-refractivity contribution in [3.8, 4) is 11.8 Å². The molecule has 3 rings (SSSR count). The van der Waals surface area contributed by atoms with Crippen molar-refractivity contribution in [2.45, 2.75) is 50.3 Å². The van der Waals surface area contributed by atoms with Gasteiger partial charge in [-0.25, -0.2) is 0 Å². The van der Waals surface area contributed by atoms with Crippen LogP contribution in [0.3, 0.4) is 0 Å². The van der Waals surface area contributed by atoms with Crippen LogP contribution in [-0.2, 0) is 21.4 Å². The molecular formula is C24H26O2S. The first-order valence-electron chi connectivity index (χ1n) is 9.52. The second-order valence-corrected chi connectivity index (χ2v) is 8.54. The van der Waals surface area contributed by atoms with Crippen LogP contribution in [0.25, 0.3) is 0 Å². The molecule has 0 saturated carbocycles. The first-order valence-corrected chi connectivity index (χ1v) is 10.5. The van der Waals surface area contributed by atoms with Crippen molar-refractivity contribution in [1.82, 2.24) is 0 Å². The number of carbonyl (C=O) groups excluding carboxylic acids is 1. The smallest absolute Gasteiger partial charge is 0.306 e. The summed E-state index contributed by atoms with van der Waals surface area (Å²) in [5.74, 6) is 7.66. The van der Waals surface area contributed by atoms with Crippen molar-refractivity contribution >= 4 is 17.7 Å². The van der Waals surface area contributed by atoms with Gasteiger partial charge in [-0.15, -0.1) is 11.8 Å². The Morgan fingerprint density at radius 1 is 1.19 bits per heavy atom. The van der Waals surface area contributed by atoms with Gasteiger partial charge in [-0.2, -0.15) is 0 Å². The van der Waals surface area contributed by atoms with Gasteiger partial charge >= 0.3 is 5.97 Å². The fourth-order valence-electron chi connectivity index (χ4n) is 3.28. The maximum absolute atomic E-state index is 11.6. The zero-order valence-electron chi connectivity index (χ0n) is 16.3. The van der Waals surface area contributed by atoms with E-state index in [0.29, 0.717) is 19.4 Å². The summed E-state index contributed by atoms with van der Waals surface area (Å²) in [5, 5.41) is 0. The van der Waals surface area contributed by atoms with Gasteiger partial charge < -0.3 is 4.74 Å². The van der Waals surface area contributed by atoms with Gasteiger partial charge in [0.2, 0.25) is 0 Å². The van der Waals surface area contributed by atoms with Crippen molar-refractivity contribution in [3.05, 3.63) is 64.7 Å². The largest absolute Gasteiger partial charge is 0.466 e. The van der Waals surface area contributed by atoms with Gasteiger partial charge in [-0.05, 0) is 66.3 Å². The summed E-state index contributed by atoms with van der Waals surface area (Å²) >= 11 is 1.94. The SMILES string of the molecule is CCOC(=O)CCc1ccccc1C#Cc1ccc2c(c1)C(C)(C)CCS2. The third-order valence-corrected chi connectivity index (χ3v) is 6.03. The van der Waals surface area contributed by atoms with Crippen LogP contribution in [-0.4, -0.2) is 18.3 Å². The Bertz CT molecular complexity index is 887. The van der Waals surface area contributed by atoms with Crippen LogP contribution in [0.15, 0.2) is 47.4 Å². The average Bonchev–Trinajstić information content (AvgIpc) is 2.65. The molecule has 2 nitrogen and oxygen atoms in total. The molecule has 1 aliphatic rings. The Balaban J connectivity index is 1.81. The maximum atomic E-state index is 11.6. The third-order valence-electron chi connectivity index (χ3n) is 4.96. The molecule has 0 N–H and O–H groups in total. The van der Waals surface area contributed by atoms with Crippen molar-refractivity contribution in [2.24, 2.45) is 0 Å². The highest BCUT2D eigenvalue weighted by Gasteiger charge is 2.27. The van der Waals surface area contributed by atoms with Gasteiger partial charge in [0, 0.05) is 22.4 Å². The standard InChI is InChI=1S/C24H26O2S/c1-4-26-23(25)14-12-20-8-6-5-7-19(20)11-9-18-10-13-22-21(17-18)24(2,3)15-16-27-22/h5-8,10,13,17H,4,12,14-16H2,1-3H3. The molecule has 0 spiro atoms. The highest BCUT2D eigenvalue weighted by atomic mass is 32.2. The molecule has 0 saturated heterocycles. The lowest BCUT2D eigenvalue weighted by Gasteiger charge is -2.32. The number of carbonyl (C=O) groups is 1. The maximum Gasteiger partial charge on any atom is 0.306 e. The summed E-state index contributed by atoms with van der Waals surface area (Å²) < 4.78 is 5.03. The molecule has 2 aromatic rings. The fourth-order valence-corrected chi connectivity index (χ4v) is 4.77. The molecule has 1 heterocycles. The topological polar surface area (TPSA) is 26.3 Å². The number of hydrogen-bond donors (Lipinski definition) is 0. The molecule has 0 unspecified atom stereocenters. The molecule has 27 heavy (non-hydrogen) atoms. The highest BCUT2D eigenvalue weighted by Crippen LogP contribution is 2.41. The number of thioether (sulfide) groups is 1. The molecule has 0 aromatic heterocycles. The quantitative estimate of drug-likeness (QED) is 0.529. The zero-order valence-corrected chi connectivity index (χ0v) is 17.1. The molecule has 0 fully saturated rings. The van der Waals surface area contributed by atoms with Crippen molar-refractivity contribution in [1.29, 1.82) is 0 Å². The third kappa shape index (κ3) is 4.96. The second-order valence-electron chi connectivity index (χ2n) is 7.41. The number of fused-ring (bicyclic) bond motifs is 1. The summed E-state index contributed by atoms with van der Waals surface area (Å²) in [4.78, 5) is 13.0. The van der Waals surface area contributed by atoms with Crippen molar-refractivity contribution < 1.29 is 9.53 Å². The van der Waals surface area contributed by atoms with Crippen molar-refractivity contribution in [2.75, 3.05) is 12.4 Å². The van der Waals surface area contributed by atoms with Gasteiger partial charge in [0.05, 0.1) is 6.61 Å². The Labute approximate surface area is 166 Å². The van der Waals surface area contributed by atoms with Crippen molar-refractivity contribution in [3.63, 3.8) is 0 Å². The molecule has 1 aliphatic heterocycles. The van der Waals surface area contributed by atoms with E-state index in [9.17, 15) is 4.79 Å². The van der Waals surface area contributed by atoms with E-state index in [1.165, 1.54) is 22.6 Å². The van der Waals surface area contributed by atoms with Crippen LogP contribution in [0, 0.1) is 11.8 Å². The number of aryl methyl sites for hydroxylation is 1. The molecule has 0 amide bonds. The van der Waals surface area contributed by atoms with Gasteiger partial charge in [0.1, 0.15) is 0 Å². The minimum absolute atomic E-state index is 0.158. The van der Waals surface area contributed by atoms with E-state index < -0.39 is 0 Å². The Kier molecular flexibility index (Phi) is 6.29. The highest BCUT2D eigenvalue weighted by molar-refractivity contribution is 7.99.